The molecule has 2 unspecified atom stereocenters. The zero-order chi connectivity index (χ0) is 34.7. The van der Waals surface area contributed by atoms with Gasteiger partial charge >= 0.3 is 16.2 Å². The highest BCUT2D eigenvalue weighted by molar-refractivity contribution is 8.09. The van der Waals surface area contributed by atoms with Gasteiger partial charge in [-0.25, -0.2) is 13.9 Å². The summed E-state index contributed by atoms with van der Waals surface area (Å²) in [5.74, 6) is -3.09. The Morgan fingerprint density at radius 2 is 1.38 bits per heavy atom. The summed E-state index contributed by atoms with van der Waals surface area (Å²) < 4.78 is 85.6. The Kier molecular flexibility index (Phi) is 10.9. The number of hydrogen-bond acceptors (Lipinski definition) is 7. The summed E-state index contributed by atoms with van der Waals surface area (Å²) in [7, 11) is -10.1. The molecule has 0 saturated heterocycles. The molecule has 5 N–H and O–H groups in total. The van der Waals surface area contributed by atoms with Gasteiger partial charge in [-0.3, -0.25) is 4.79 Å². The van der Waals surface area contributed by atoms with E-state index >= 15 is 0 Å². The summed E-state index contributed by atoms with van der Waals surface area (Å²) in [6.45, 7) is 3.24. The number of anilines is 1. The second-order valence-corrected chi connectivity index (χ2v) is 14.6. The Balaban J connectivity index is 2.09. The fourth-order valence-corrected chi connectivity index (χ4v) is 8.90. The lowest BCUT2D eigenvalue weighted by Gasteiger charge is -2.24. The van der Waals surface area contributed by atoms with E-state index in [1.54, 1.807) is 24.5 Å². The molecule has 252 valence electrons. The molecule has 1 aromatic heterocycles. The molecule has 0 aliphatic rings. The third kappa shape index (κ3) is 8.05. The topological polar surface area (TPSA) is 180 Å². The number of nitrogens with zero attached hydrogens (tertiary/aromatic N) is 2. The van der Waals surface area contributed by atoms with Gasteiger partial charge in [0.2, 0.25) is 0 Å². The first kappa shape index (κ1) is 35.7. The number of nitrogens with two attached hydrogens (primary N) is 1. The summed E-state index contributed by atoms with van der Waals surface area (Å²) in [4.78, 5) is 10.6. The minimum absolute atomic E-state index is 0.0229. The third-order valence-corrected chi connectivity index (χ3v) is 10.8. The van der Waals surface area contributed by atoms with Crippen LogP contribution in [0.5, 0.6) is 0 Å². The number of carbonyl (C=O) groups is 1. The highest BCUT2D eigenvalue weighted by Crippen LogP contribution is 2.46. The lowest BCUT2D eigenvalue weighted by Crippen LogP contribution is -2.42. The first-order chi connectivity index (χ1) is 22.0. The first-order valence-electron chi connectivity index (χ1n) is 14.5. The quantitative estimate of drug-likeness (QED) is 0.148. The Bertz CT molecular complexity index is 1930. The fraction of sp³-hybridized carbons (Fsp3) is 0.281. The lowest BCUT2D eigenvalue weighted by atomic mass is 10.00. The minimum atomic E-state index is -5.10. The Morgan fingerprint density at radius 1 is 0.851 bits per heavy atom. The molecule has 4 aromatic rings. The molecule has 1 heterocycles. The van der Waals surface area contributed by atoms with Crippen LogP contribution < -0.4 is 8.85 Å². The van der Waals surface area contributed by atoms with E-state index < -0.39 is 67.3 Å². The molecule has 4 rings (SSSR count). The summed E-state index contributed by atoms with van der Waals surface area (Å²) in [5.41, 5.74) is 0.506. The van der Waals surface area contributed by atoms with Crippen LogP contribution in [0, 0.1) is 11.6 Å². The van der Waals surface area contributed by atoms with Gasteiger partial charge in [0.25, 0.3) is 10.0 Å². The Labute approximate surface area is 271 Å². The van der Waals surface area contributed by atoms with E-state index in [0.29, 0.717) is 5.56 Å². The van der Waals surface area contributed by atoms with E-state index in [0.717, 1.165) is 24.3 Å². The highest BCUT2D eigenvalue weighted by Gasteiger charge is 2.41. The molecule has 0 bridgehead atoms. The summed E-state index contributed by atoms with van der Waals surface area (Å²) in [5, 5.41) is 35.4. The number of carboxylic acid groups (broad SMARTS) is 1. The molecular formula is C32H35F2N3O8S2. The van der Waals surface area contributed by atoms with Crippen molar-refractivity contribution in [2.24, 2.45) is 5.14 Å². The van der Waals surface area contributed by atoms with Crippen molar-refractivity contribution in [3.05, 3.63) is 96.2 Å². The molecule has 0 saturated carbocycles. The van der Waals surface area contributed by atoms with Gasteiger partial charge in [-0.05, 0) is 78.4 Å². The van der Waals surface area contributed by atoms with E-state index in [4.69, 9.17) is 10.2 Å². The number of halogens is 2. The van der Waals surface area contributed by atoms with Gasteiger partial charge in [-0.1, -0.05) is 44.2 Å². The molecule has 3 aromatic carbocycles. The number of aliphatic hydroxyl groups is 2. The maximum atomic E-state index is 14.8. The molecule has 0 fully saturated rings. The molecule has 0 spiro atoms. The number of hydrogen-bond donors (Lipinski definition) is 4. The van der Waals surface area contributed by atoms with Gasteiger partial charge in [0.05, 0.1) is 30.0 Å². The number of aliphatic hydroxyl groups excluding tert-OH is 2. The maximum Gasteiger partial charge on any atom is 0.312 e. The normalized spacial score (nSPS) is 13.4. The van der Waals surface area contributed by atoms with E-state index in [1.807, 2.05) is 0 Å². The van der Waals surface area contributed by atoms with E-state index in [1.165, 1.54) is 48.5 Å². The van der Waals surface area contributed by atoms with Crippen molar-refractivity contribution in [3.8, 4) is 22.4 Å². The number of sulfonamides is 1. The average Bonchev–Trinajstić information content (AvgIpc) is 3.32. The minimum Gasteiger partial charge on any atom is -0.481 e. The number of aromatic nitrogens is 1. The molecule has 0 radical (unpaired) electrons. The predicted octanol–water partition coefficient (Wildman–Crippen LogP) is 4.60. The molecule has 15 heteroatoms. The van der Waals surface area contributed by atoms with Crippen molar-refractivity contribution in [3.63, 3.8) is 0 Å². The molecule has 2 atom stereocenters. The predicted molar refractivity (Wildman–Crippen MR) is 172 cm³/mol. The van der Waals surface area contributed by atoms with Crippen LogP contribution in [-0.2, 0) is 31.6 Å². The second kappa shape index (κ2) is 14.3. The fourth-order valence-electron chi connectivity index (χ4n) is 5.52. The van der Waals surface area contributed by atoms with E-state index in [9.17, 15) is 40.6 Å². The van der Waals surface area contributed by atoms with E-state index in [2.05, 4.69) is 0 Å². The van der Waals surface area contributed by atoms with Crippen LogP contribution >= 0.6 is 0 Å². The summed E-state index contributed by atoms with van der Waals surface area (Å²) in [6, 6.07) is 16.9. The molecule has 11 nitrogen and oxygen atoms in total. The average molecular weight is 692 g/mol. The number of rotatable bonds is 14. The monoisotopic (exact) mass is 691 g/mol. The highest BCUT2D eigenvalue weighted by atomic mass is 32.3. The molecule has 47 heavy (non-hydrogen) atoms. The van der Waals surface area contributed by atoms with Crippen LogP contribution in [0.25, 0.3) is 22.4 Å². The van der Waals surface area contributed by atoms with Crippen molar-refractivity contribution in [2.75, 3.05) is 3.71 Å². The largest absolute Gasteiger partial charge is 0.481 e. The number of aliphatic carboxylic acids is 1. The van der Waals surface area contributed by atoms with Gasteiger partial charge in [-0.15, -0.1) is 3.71 Å². The zero-order valence-corrected chi connectivity index (χ0v) is 27.1. The van der Waals surface area contributed by atoms with Crippen LogP contribution in [0.1, 0.15) is 44.7 Å². The van der Waals surface area contributed by atoms with Crippen LogP contribution in [0.4, 0.5) is 14.5 Å². The van der Waals surface area contributed by atoms with Gasteiger partial charge < -0.3 is 19.9 Å². The molecule has 0 aliphatic heterocycles. The van der Waals surface area contributed by atoms with Crippen LogP contribution in [-0.4, -0.2) is 54.9 Å². The van der Waals surface area contributed by atoms with Crippen LogP contribution in [0.15, 0.2) is 83.8 Å². The molecule has 0 amide bonds. The number of carboxylic acids is 1. The number of benzene rings is 3. The van der Waals surface area contributed by atoms with Gasteiger partial charge in [0.1, 0.15) is 16.5 Å². The summed E-state index contributed by atoms with van der Waals surface area (Å²) >= 11 is 0. The zero-order valence-electron chi connectivity index (χ0n) is 25.5. The molecule has 0 aliphatic carbocycles. The lowest BCUT2D eigenvalue weighted by molar-refractivity contribution is -0.139. The Hall–Kier alpha value is -4.15. The van der Waals surface area contributed by atoms with Crippen molar-refractivity contribution in [1.82, 2.24) is 4.57 Å². The summed E-state index contributed by atoms with van der Waals surface area (Å²) in [6.07, 6.45) is -3.57. The van der Waals surface area contributed by atoms with Gasteiger partial charge in [-0.2, -0.15) is 16.8 Å². The van der Waals surface area contributed by atoms with Gasteiger partial charge in [0.15, 0.2) is 0 Å². The second-order valence-electron chi connectivity index (χ2n) is 11.3. The van der Waals surface area contributed by atoms with Crippen molar-refractivity contribution in [1.29, 1.82) is 0 Å². The Morgan fingerprint density at radius 3 is 1.87 bits per heavy atom. The van der Waals surface area contributed by atoms with Crippen LogP contribution in [0.3, 0.4) is 0 Å². The van der Waals surface area contributed by atoms with Crippen molar-refractivity contribution >= 4 is 31.9 Å². The van der Waals surface area contributed by atoms with Crippen molar-refractivity contribution < 1.29 is 45.7 Å². The van der Waals surface area contributed by atoms with Crippen molar-refractivity contribution in [2.45, 2.75) is 62.7 Å². The number of para-hydroxylation sites is 1. The smallest absolute Gasteiger partial charge is 0.312 e. The molecular weight excluding hydrogens is 656 g/mol. The SMILES string of the molecule is CC(C)c1c(S(=O)(=O)N(c2ccccc2)S(N)(=O)=O)c(-c2ccc(F)cc2)c(-c2ccc(F)cc2)n1CCC(O)CC(O)CC(=O)O. The third-order valence-electron chi connectivity index (χ3n) is 7.37. The standard InChI is InChI=1S/C32H35F2N3O8S2/c1-20(2)30-32(46(42,43)37(47(35,44)45)25-6-4-3-5-7-25)29(21-8-12-23(33)13-9-21)31(22-10-14-24(34)15-11-22)36(30)17-16-26(38)18-27(39)19-28(40)41/h3-15,20,26-27,38-39H,16-19H2,1-2H3,(H,40,41)(H2,35,44,45). The first-order valence-corrected chi connectivity index (χ1v) is 17.5. The van der Waals surface area contributed by atoms with Crippen LogP contribution in [0.2, 0.25) is 0 Å². The van der Waals surface area contributed by atoms with E-state index in [-0.39, 0.29) is 51.3 Å². The van der Waals surface area contributed by atoms with Gasteiger partial charge in [0, 0.05) is 17.8 Å². The maximum absolute atomic E-state index is 14.8.